The first-order chi connectivity index (χ1) is 10.9. The van der Waals surface area contributed by atoms with Gasteiger partial charge in [0.15, 0.2) is 0 Å². The number of H-pyrrole nitrogens is 1. The van der Waals surface area contributed by atoms with Crippen LogP contribution >= 0.6 is 0 Å². The Kier molecular flexibility index (Phi) is 12.2. The summed E-state index contributed by atoms with van der Waals surface area (Å²) in [7, 11) is 0. The van der Waals surface area contributed by atoms with E-state index in [0.717, 1.165) is 6.42 Å². The largest absolute Gasteiger partial charge is 0.362 e. The third-order valence-electron chi connectivity index (χ3n) is 3.74. The highest BCUT2D eigenvalue weighted by molar-refractivity contribution is 5.43. The van der Waals surface area contributed by atoms with Crippen molar-refractivity contribution in [2.75, 3.05) is 0 Å². The molecule has 0 saturated heterocycles. The van der Waals surface area contributed by atoms with Gasteiger partial charge in [-0.05, 0) is 63.2 Å². The van der Waals surface area contributed by atoms with E-state index in [2.05, 4.69) is 54.4 Å². The van der Waals surface area contributed by atoms with Crippen molar-refractivity contribution in [2.24, 2.45) is 0 Å². The van der Waals surface area contributed by atoms with Crippen molar-refractivity contribution in [1.82, 2.24) is 4.98 Å². The van der Waals surface area contributed by atoms with Crippen LogP contribution in [0.2, 0.25) is 0 Å². The fourth-order valence-corrected chi connectivity index (χ4v) is 2.38. The first-order valence-corrected chi connectivity index (χ1v) is 9.03. The van der Waals surface area contributed by atoms with E-state index in [1.165, 1.54) is 63.5 Å². The van der Waals surface area contributed by atoms with Gasteiger partial charge < -0.3 is 4.98 Å². The van der Waals surface area contributed by atoms with Crippen molar-refractivity contribution < 1.29 is 0 Å². The summed E-state index contributed by atoms with van der Waals surface area (Å²) in [5, 5.41) is 0. The molecule has 0 spiro atoms. The van der Waals surface area contributed by atoms with Gasteiger partial charge in [-0.25, -0.2) is 0 Å². The van der Waals surface area contributed by atoms with Crippen LogP contribution in [0.3, 0.4) is 0 Å². The van der Waals surface area contributed by atoms with Gasteiger partial charge in [0.1, 0.15) is 0 Å². The first-order valence-electron chi connectivity index (χ1n) is 9.03. The molecule has 0 radical (unpaired) electrons. The Morgan fingerprint density at radius 1 is 0.818 bits per heavy atom. The summed E-state index contributed by atoms with van der Waals surface area (Å²) < 4.78 is 0. The van der Waals surface area contributed by atoms with Crippen LogP contribution in [0.25, 0.3) is 6.08 Å². The molecule has 122 valence electrons. The minimum Gasteiger partial charge on any atom is -0.362 e. The lowest BCUT2D eigenvalue weighted by atomic mass is 10.1. The van der Waals surface area contributed by atoms with Gasteiger partial charge in [-0.15, -0.1) is 0 Å². The summed E-state index contributed by atoms with van der Waals surface area (Å²) in [4.78, 5) is 3.19. The minimum absolute atomic E-state index is 1.10. The molecule has 1 N–H and O–H groups in total. The molecule has 1 heteroatoms. The predicted molar refractivity (Wildman–Crippen MR) is 100.0 cm³/mol. The van der Waals surface area contributed by atoms with Gasteiger partial charge in [0.05, 0.1) is 0 Å². The highest BCUT2D eigenvalue weighted by Gasteiger charge is 1.87. The Bertz CT molecular complexity index is 409. The lowest BCUT2D eigenvalue weighted by molar-refractivity contribution is 0.696. The van der Waals surface area contributed by atoms with Crippen molar-refractivity contribution in [3.63, 3.8) is 0 Å². The van der Waals surface area contributed by atoms with Gasteiger partial charge >= 0.3 is 0 Å². The van der Waals surface area contributed by atoms with E-state index in [-0.39, 0.29) is 0 Å². The van der Waals surface area contributed by atoms with E-state index in [9.17, 15) is 0 Å². The molecule has 0 amide bonds. The van der Waals surface area contributed by atoms with Crippen molar-refractivity contribution in [3.05, 3.63) is 54.4 Å². The quantitative estimate of drug-likeness (QED) is 0.296. The Morgan fingerprint density at radius 2 is 1.50 bits per heavy atom. The van der Waals surface area contributed by atoms with E-state index in [4.69, 9.17) is 0 Å². The third-order valence-corrected chi connectivity index (χ3v) is 3.74. The molecule has 1 rings (SSSR count). The van der Waals surface area contributed by atoms with E-state index < -0.39 is 0 Å². The maximum absolute atomic E-state index is 3.19. The maximum Gasteiger partial charge on any atom is 0.0377 e. The molecule has 0 fully saturated rings. The molecule has 0 aliphatic carbocycles. The Hall–Kier alpha value is -1.50. The van der Waals surface area contributed by atoms with Gasteiger partial charge in [0.25, 0.3) is 0 Å². The van der Waals surface area contributed by atoms with Crippen LogP contribution in [0.1, 0.15) is 76.8 Å². The summed E-state index contributed by atoms with van der Waals surface area (Å²) in [6.45, 7) is 2.25. The standard InChI is InChI=1S/C21H33N/c1-2-3-4-5-6-7-8-9-10-11-12-13-14-15-16-18-21-19-17-20-22-21/h6-7,9-10,16-20,22H,2-5,8,11-15H2,1H3/b7-6-,10-9-,18-16+. The number of hydrogen-bond donors (Lipinski definition) is 1. The number of hydrogen-bond acceptors (Lipinski definition) is 0. The minimum atomic E-state index is 1.10. The number of aromatic nitrogens is 1. The van der Waals surface area contributed by atoms with Crippen LogP contribution in [-0.2, 0) is 0 Å². The lowest BCUT2D eigenvalue weighted by Gasteiger charge is -1.95. The summed E-state index contributed by atoms with van der Waals surface area (Å²) in [6.07, 6.45) is 28.4. The molecule has 0 bridgehead atoms. The monoisotopic (exact) mass is 299 g/mol. The number of nitrogens with one attached hydrogen (secondary N) is 1. The second-order valence-electron chi connectivity index (χ2n) is 5.84. The number of aromatic amines is 1. The Morgan fingerprint density at radius 3 is 2.14 bits per heavy atom. The van der Waals surface area contributed by atoms with Crippen LogP contribution in [0.4, 0.5) is 0 Å². The topological polar surface area (TPSA) is 15.8 Å². The highest BCUT2D eigenvalue weighted by Crippen LogP contribution is 2.07. The molecule has 22 heavy (non-hydrogen) atoms. The van der Waals surface area contributed by atoms with Gasteiger partial charge in [0, 0.05) is 11.9 Å². The number of unbranched alkanes of at least 4 members (excludes halogenated alkanes) is 7. The highest BCUT2D eigenvalue weighted by atomic mass is 14.7. The Balaban J connectivity index is 1.85. The van der Waals surface area contributed by atoms with E-state index in [1.807, 2.05) is 12.3 Å². The third kappa shape index (κ3) is 11.2. The molecule has 0 saturated carbocycles. The van der Waals surface area contributed by atoms with Crippen LogP contribution < -0.4 is 0 Å². The summed E-state index contributed by atoms with van der Waals surface area (Å²) in [6, 6.07) is 4.13. The number of rotatable bonds is 13. The average Bonchev–Trinajstić information content (AvgIpc) is 3.04. The SMILES string of the molecule is CCCCC/C=C\C/C=C\CCCCC/C=C/c1ccc[nH]1. The molecule has 1 heterocycles. The molecule has 0 unspecified atom stereocenters. The predicted octanol–water partition coefficient (Wildman–Crippen LogP) is 7.06. The van der Waals surface area contributed by atoms with Crippen LogP contribution in [-0.4, -0.2) is 4.98 Å². The fraction of sp³-hybridized carbons (Fsp3) is 0.524. The molecule has 1 aromatic heterocycles. The van der Waals surface area contributed by atoms with Crippen molar-refractivity contribution in [2.45, 2.75) is 71.1 Å². The lowest BCUT2D eigenvalue weighted by Crippen LogP contribution is -1.75. The molecule has 0 aliphatic heterocycles. The Labute approximate surface area is 137 Å². The fourth-order valence-electron chi connectivity index (χ4n) is 2.38. The molecule has 0 aliphatic rings. The normalized spacial score (nSPS) is 12.2. The van der Waals surface area contributed by atoms with Crippen molar-refractivity contribution in [1.29, 1.82) is 0 Å². The van der Waals surface area contributed by atoms with Gasteiger partial charge in [0.2, 0.25) is 0 Å². The van der Waals surface area contributed by atoms with Gasteiger partial charge in [-0.2, -0.15) is 0 Å². The first kappa shape index (κ1) is 18.5. The zero-order valence-corrected chi connectivity index (χ0v) is 14.3. The summed E-state index contributed by atoms with van der Waals surface area (Å²) in [5.74, 6) is 0. The summed E-state index contributed by atoms with van der Waals surface area (Å²) in [5.41, 5.74) is 1.20. The van der Waals surface area contributed by atoms with Crippen molar-refractivity contribution in [3.8, 4) is 0 Å². The molecule has 0 atom stereocenters. The molecule has 1 aromatic rings. The second-order valence-corrected chi connectivity index (χ2v) is 5.84. The smallest absolute Gasteiger partial charge is 0.0377 e. The van der Waals surface area contributed by atoms with Gasteiger partial charge in [-0.3, -0.25) is 0 Å². The molecular formula is C21H33N. The number of allylic oxidation sites excluding steroid dienone is 5. The molecular weight excluding hydrogens is 266 g/mol. The van der Waals surface area contributed by atoms with Crippen LogP contribution in [0, 0.1) is 0 Å². The van der Waals surface area contributed by atoms with Crippen molar-refractivity contribution >= 4 is 6.08 Å². The molecule has 0 aromatic carbocycles. The van der Waals surface area contributed by atoms with E-state index in [0.29, 0.717) is 0 Å². The zero-order valence-electron chi connectivity index (χ0n) is 14.3. The van der Waals surface area contributed by atoms with E-state index in [1.54, 1.807) is 0 Å². The summed E-state index contributed by atoms with van der Waals surface area (Å²) >= 11 is 0. The van der Waals surface area contributed by atoms with Crippen LogP contribution in [0.5, 0.6) is 0 Å². The van der Waals surface area contributed by atoms with Gasteiger partial charge in [-0.1, -0.05) is 56.6 Å². The van der Waals surface area contributed by atoms with Crippen LogP contribution in [0.15, 0.2) is 48.7 Å². The maximum atomic E-state index is 3.19. The molecule has 1 nitrogen and oxygen atoms in total. The average molecular weight is 300 g/mol. The van der Waals surface area contributed by atoms with E-state index >= 15 is 0 Å². The second kappa shape index (κ2) is 14.4. The zero-order chi connectivity index (χ0) is 15.7.